The minimum Gasteiger partial charge on any atom is -0.370 e. The molecule has 10 N–H and O–H groups in total. The molecule has 0 rings (SSSR count). The van der Waals surface area contributed by atoms with Crippen LogP contribution < -0.4 is 22.9 Å². The first-order valence-electron chi connectivity index (χ1n) is 2.75. The lowest BCUT2D eigenvalue weighted by atomic mass is 10.6. The normalized spacial score (nSPS) is 13.7. The maximum atomic E-state index is 9.55. The summed E-state index contributed by atoms with van der Waals surface area (Å²) in [5.74, 6) is -1.81. The smallest absolute Gasteiger partial charge is 0.261 e. The highest BCUT2D eigenvalue weighted by Crippen LogP contribution is 1.58. The molecule has 8 nitrogen and oxygen atoms in total. The molecule has 72 valence electrons. The standard InChI is InChI=1S/2C2H6N2O2/c2*3-1(5)2(4)6/h2*1,5H,3H2,(H2,4,6). The molecule has 0 heterocycles. The van der Waals surface area contributed by atoms with Crippen LogP contribution in [-0.2, 0) is 9.59 Å². The van der Waals surface area contributed by atoms with Gasteiger partial charge < -0.3 is 21.7 Å². The summed E-state index contributed by atoms with van der Waals surface area (Å²) >= 11 is 0. The predicted molar refractivity (Wildman–Crippen MR) is 38.8 cm³/mol. The lowest BCUT2D eigenvalue weighted by molar-refractivity contribution is -0.126. The zero-order valence-electron chi connectivity index (χ0n) is 6.18. The Morgan fingerprint density at radius 3 is 1.00 bits per heavy atom. The molecule has 0 saturated heterocycles. The fourth-order valence-electron chi connectivity index (χ4n) is 0. The Balaban J connectivity index is 0. The molecule has 0 aromatic carbocycles. The van der Waals surface area contributed by atoms with Gasteiger partial charge in [-0.3, -0.25) is 21.1 Å². The third-order valence-electron chi connectivity index (χ3n) is 0.583. The average Bonchev–Trinajstić information content (AvgIpc) is 1.88. The Morgan fingerprint density at radius 2 is 1.00 bits per heavy atom. The van der Waals surface area contributed by atoms with Crippen LogP contribution >= 0.6 is 0 Å². The largest absolute Gasteiger partial charge is 0.370 e. The van der Waals surface area contributed by atoms with Gasteiger partial charge in [0.2, 0.25) is 0 Å². The second-order valence-electron chi connectivity index (χ2n) is 1.69. The van der Waals surface area contributed by atoms with Crippen molar-refractivity contribution in [1.29, 1.82) is 0 Å². The van der Waals surface area contributed by atoms with E-state index in [0.717, 1.165) is 0 Å². The SMILES string of the molecule is NC(=O)C(N)O.NC(=O)C(N)O. The van der Waals surface area contributed by atoms with Gasteiger partial charge in [0.1, 0.15) is 0 Å². The van der Waals surface area contributed by atoms with Gasteiger partial charge in [0.15, 0.2) is 12.5 Å². The molecule has 2 atom stereocenters. The van der Waals surface area contributed by atoms with Gasteiger partial charge in [-0.05, 0) is 0 Å². The van der Waals surface area contributed by atoms with Crippen LogP contribution in [0, 0.1) is 0 Å². The van der Waals surface area contributed by atoms with Gasteiger partial charge in [0.25, 0.3) is 11.8 Å². The number of carbonyl (C=O) groups is 2. The number of primary amides is 2. The maximum Gasteiger partial charge on any atom is 0.261 e. The minimum atomic E-state index is -1.51. The molecule has 0 aromatic rings. The summed E-state index contributed by atoms with van der Waals surface area (Å²) in [5, 5.41) is 15.9. The molecule has 0 fully saturated rings. The summed E-state index contributed by atoms with van der Waals surface area (Å²) in [6.07, 6.45) is -3.02. The number of hydrogen-bond donors (Lipinski definition) is 6. The number of nitrogens with two attached hydrogens (primary N) is 4. The summed E-state index contributed by atoms with van der Waals surface area (Å²) in [7, 11) is 0. The summed E-state index contributed by atoms with van der Waals surface area (Å²) in [5.41, 5.74) is 17.9. The molecule has 0 bridgehead atoms. The van der Waals surface area contributed by atoms with E-state index in [1.54, 1.807) is 0 Å². The first-order chi connectivity index (χ1) is 5.29. The number of hydrogen-bond acceptors (Lipinski definition) is 6. The van der Waals surface area contributed by atoms with E-state index in [1.807, 2.05) is 0 Å². The van der Waals surface area contributed by atoms with Crippen molar-refractivity contribution in [3.63, 3.8) is 0 Å². The van der Waals surface area contributed by atoms with E-state index < -0.39 is 24.3 Å². The highest BCUT2D eigenvalue weighted by Gasteiger charge is 1.99. The fourth-order valence-corrected chi connectivity index (χ4v) is 0. The fraction of sp³-hybridized carbons (Fsp3) is 0.500. The number of amides is 2. The van der Waals surface area contributed by atoms with E-state index >= 15 is 0 Å². The molecule has 0 aliphatic heterocycles. The van der Waals surface area contributed by atoms with Gasteiger partial charge in [-0.1, -0.05) is 0 Å². The summed E-state index contributed by atoms with van der Waals surface area (Å²) in [6.45, 7) is 0. The molecule has 0 aliphatic rings. The third kappa shape index (κ3) is 11.6. The van der Waals surface area contributed by atoms with Crippen molar-refractivity contribution in [2.45, 2.75) is 12.5 Å². The quantitative estimate of drug-likeness (QED) is 0.233. The number of rotatable bonds is 2. The van der Waals surface area contributed by atoms with Crippen molar-refractivity contribution >= 4 is 11.8 Å². The molecule has 2 unspecified atom stereocenters. The molecule has 0 aliphatic carbocycles. The molecule has 0 aromatic heterocycles. The Bertz CT molecular complexity index is 139. The first-order valence-corrected chi connectivity index (χ1v) is 2.75. The molecule has 8 heteroatoms. The number of aliphatic hydroxyl groups excluding tert-OH is 2. The van der Waals surface area contributed by atoms with Crippen molar-refractivity contribution in [2.24, 2.45) is 22.9 Å². The zero-order chi connectivity index (χ0) is 10.3. The van der Waals surface area contributed by atoms with Crippen molar-refractivity contribution in [3.05, 3.63) is 0 Å². The van der Waals surface area contributed by atoms with Crippen LogP contribution in [0.5, 0.6) is 0 Å². The molecule has 2 amide bonds. The van der Waals surface area contributed by atoms with Gasteiger partial charge in [0.05, 0.1) is 0 Å². The van der Waals surface area contributed by atoms with Crippen LogP contribution in [0.25, 0.3) is 0 Å². The molecule has 0 spiro atoms. The van der Waals surface area contributed by atoms with E-state index in [9.17, 15) is 9.59 Å². The van der Waals surface area contributed by atoms with Crippen LogP contribution in [0.3, 0.4) is 0 Å². The van der Waals surface area contributed by atoms with Crippen LogP contribution in [0.15, 0.2) is 0 Å². The predicted octanol–water partition coefficient (Wildman–Crippen LogP) is -4.50. The Hall–Kier alpha value is -1.22. The van der Waals surface area contributed by atoms with Gasteiger partial charge in [-0.2, -0.15) is 0 Å². The highest BCUT2D eigenvalue weighted by molar-refractivity contribution is 5.77. The van der Waals surface area contributed by atoms with Crippen LogP contribution in [0.4, 0.5) is 0 Å². The highest BCUT2D eigenvalue weighted by atomic mass is 16.3. The van der Waals surface area contributed by atoms with Crippen LogP contribution in [0.2, 0.25) is 0 Å². The Labute approximate surface area is 68.1 Å². The van der Waals surface area contributed by atoms with Gasteiger partial charge in [-0.15, -0.1) is 0 Å². The van der Waals surface area contributed by atoms with E-state index in [-0.39, 0.29) is 0 Å². The summed E-state index contributed by atoms with van der Waals surface area (Å²) in [4.78, 5) is 19.1. The minimum absolute atomic E-state index is 0.907. The van der Waals surface area contributed by atoms with E-state index in [4.69, 9.17) is 10.2 Å². The Morgan fingerprint density at radius 1 is 0.917 bits per heavy atom. The molecular weight excluding hydrogens is 168 g/mol. The zero-order valence-corrected chi connectivity index (χ0v) is 6.18. The summed E-state index contributed by atoms with van der Waals surface area (Å²) < 4.78 is 0. The van der Waals surface area contributed by atoms with Gasteiger partial charge in [0, 0.05) is 0 Å². The van der Waals surface area contributed by atoms with Crippen molar-refractivity contribution in [1.82, 2.24) is 0 Å². The number of carbonyl (C=O) groups excluding carboxylic acids is 2. The number of aliphatic hydroxyl groups is 2. The van der Waals surface area contributed by atoms with Gasteiger partial charge in [-0.25, -0.2) is 0 Å². The average molecular weight is 180 g/mol. The maximum absolute atomic E-state index is 9.55. The van der Waals surface area contributed by atoms with E-state index in [1.165, 1.54) is 0 Å². The van der Waals surface area contributed by atoms with Gasteiger partial charge >= 0.3 is 0 Å². The Kier molecular flexibility index (Phi) is 7.23. The lowest BCUT2D eigenvalue weighted by Gasteiger charge is -1.91. The lowest BCUT2D eigenvalue weighted by Crippen LogP contribution is -2.35. The molecule has 0 saturated carbocycles. The van der Waals surface area contributed by atoms with Crippen LogP contribution in [0.1, 0.15) is 0 Å². The van der Waals surface area contributed by atoms with E-state index in [2.05, 4.69) is 22.9 Å². The second kappa shape index (κ2) is 6.49. The molecule has 12 heavy (non-hydrogen) atoms. The van der Waals surface area contributed by atoms with Crippen molar-refractivity contribution in [2.75, 3.05) is 0 Å². The monoisotopic (exact) mass is 180 g/mol. The van der Waals surface area contributed by atoms with Crippen molar-refractivity contribution < 1.29 is 19.8 Å². The van der Waals surface area contributed by atoms with E-state index in [0.29, 0.717) is 0 Å². The third-order valence-corrected chi connectivity index (χ3v) is 0.583. The molecular formula is C4H12N4O4. The topological polar surface area (TPSA) is 179 Å². The summed E-state index contributed by atoms with van der Waals surface area (Å²) in [6, 6.07) is 0. The first kappa shape index (κ1) is 13.4. The molecule has 0 radical (unpaired) electrons. The van der Waals surface area contributed by atoms with Crippen LogP contribution in [-0.4, -0.2) is 34.5 Å². The second-order valence-corrected chi connectivity index (χ2v) is 1.69. The van der Waals surface area contributed by atoms with Crippen molar-refractivity contribution in [3.8, 4) is 0 Å².